The second kappa shape index (κ2) is 6.35. The van der Waals surface area contributed by atoms with Crippen LogP contribution in [0.5, 0.6) is 0 Å². The van der Waals surface area contributed by atoms with Crippen molar-refractivity contribution >= 4 is 17.4 Å². The van der Waals surface area contributed by atoms with E-state index in [2.05, 4.69) is 0 Å². The lowest BCUT2D eigenvalue weighted by Crippen LogP contribution is -2.31. The third kappa shape index (κ3) is 4.79. The molecule has 2 atom stereocenters. The van der Waals surface area contributed by atoms with Crippen molar-refractivity contribution in [1.29, 1.82) is 0 Å². The quantitative estimate of drug-likeness (QED) is 0.833. The van der Waals surface area contributed by atoms with E-state index in [1.54, 1.807) is 0 Å². The van der Waals surface area contributed by atoms with Gasteiger partial charge in [0.1, 0.15) is 5.78 Å². The molecule has 0 spiro atoms. The number of alkyl halides is 1. The van der Waals surface area contributed by atoms with Gasteiger partial charge in [0.15, 0.2) is 0 Å². The first kappa shape index (κ1) is 15.2. The van der Waals surface area contributed by atoms with Crippen LogP contribution < -0.4 is 0 Å². The Kier molecular flexibility index (Phi) is 5.36. The normalized spacial score (nSPS) is 15.2. The van der Waals surface area contributed by atoms with Gasteiger partial charge >= 0.3 is 0 Å². The van der Waals surface area contributed by atoms with Crippen LogP contribution >= 0.6 is 11.6 Å². The van der Waals surface area contributed by atoms with Gasteiger partial charge in [0.05, 0.1) is 11.5 Å². The number of hydrogen-bond donors (Lipinski definition) is 1. The van der Waals surface area contributed by atoms with Crippen LogP contribution in [0.3, 0.4) is 0 Å². The Hall–Kier alpha value is -0.860. The van der Waals surface area contributed by atoms with Crippen LogP contribution in [-0.2, 0) is 11.2 Å². The summed E-state index contributed by atoms with van der Waals surface area (Å²) in [5.74, 6) is 0.0358. The average molecular weight is 269 g/mol. The van der Waals surface area contributed by atoms with Crippen molar-refractivity contribution in [2.75, 3.05) is 0 Å². The van der Waals surface area contributed by atoms with Crippen LogP contribution in [0.2, 0.25) is 0 Å². The number of hydrogen-bond acceptors (Lipinski definition) is 2. The smallest absolute Gasteiger partial charge is 0.140 e. The maximum absolute atomic E-state index is 11.8. The molecule has 0 aliphatic rings. The van der Waals surface area contributed by atoms with E-state index in [-0.39, 0.29) is 12.2 Å². The molecule has 0 fully saturated rings. The predicted octanol–water partition coefficient (Wildman–Crippen LogP) is 3.20. The van der Waals surface area contributed by atoms with E-state index < -0.39 is 16.9 Å². The van der Waals surface area contributed by atoms with E-state index in [1.165, 1.54) is 0 Å². The van der Waals surface area contributed by atoms with Gasteiger partial charge in [-0.05, 0) is 12.0 Å². The van der Waals surface area contributed by atoms with Gasteiger partial charge in [-0.1, -0.05) is 51.1 Å². The Morgan fingerprint density at radius 1 is 1.28 bits per heavy atom. The second-order valence-electron chi connectivity index (χ2n) is 5.65. The molecule has 2 nitrogen and oxygen atoms in total. The van der Waals surface area contributed by atoms with Crippen LogP contribution in [0.15, 0.2) is 30.3 Å². The highest BCUT2D eigenvalue weighted by molar-refractivity contribution is 6.21. The van der Waals surface area contributed by atoms with Crippen LogP contribution in [0.1, 0.15) is 32.8 Å². The van der Waals surface area contributed by atoms with Gasteiger partial charge in [-0.2, -0.15) is 0 Å². The van der Waals surface area contributed by atoms with Gasteiger partial charge in [-0.15, -0.1) is 11.6 Å². The van der Waals surface area contributed by atoms with Gasteiger partial charge in [0.2, 0.25) is 0 Å². The molecular weight excluding hydrogens is 248 g/mol. The number of benzene rings is 1. The minimum atomic E-state index is -0.793. The molecule has 0 radical (unpaired) electrons. The molecule has 0 unspecified atom stereocenters. The average Bonchev–Trinajstić information content (AvgIpc) is 2.28. The first-order chi connectivity index (χ1) is 8.30. The Labute approximate surface area is 114 Å². The number of rotatable bonds is 5. The van der Waals surface area contributed by atoms with E-state index in [0.717, 1.165) is 5.56 Å². The summed E-state index contributed by atoms with van der Waals surface area (Å²) < 4.78 is 0. The zero-order chi connectivity index (χ0) is 13.8. The standard InChI is InChI=1S/C15H21ClO2/c1-15(2,3)14(18)10-13(17)12(16)9-11-7-5-4-6-8-11/h4-8,12-13,17H,9-10H2,1-3H3/t12-,13+/m1/s1. The van der Waals surface area contributed by atoms with Gasteiger partial charge in [-0.3, -0.25) is 4.79 Å². The van der Waals surface area contributed by atoms with Crippen LogP contribution in [0.4, 0.5) is 0 Å². The van der Waals surface area contributed by atoms with E-state index in [4.69, 9.17) is 11.6 Å². The summed E-state index contributed by atoms with van der Waals surface area (Å²) in [5, 5.41) is 9.53. The van der Waals surface area contributed by atoms with E-state index in [0.29, 0.717) is 6.42 Å². The summed E-state index contributed by atoms with van der Waals surface area (Å²) >= 11 is 6.16. The topological polar surface area (TPSA) is 37.3 Å². The summed E-state index contributed by atoms with van der Waals surface area (Å²) in [6, 6.07) is 9.74. The minimum absolute atomic E-state index is 0.0358. The summed E-state index contributed by atoms with van der Waals surface area (Å²) in [7, 11) is 0. The van der Waals surface area contributed by atoms with Crippen LogP contribution in [0, 0.1) is 5.41 Å². The molecule has 0 aliphatic carbocycles. The van der Waals surface area contributed by atoms with Crippen LogP contribution in [0.25, 0.3) is 0 Å². The van der Waals surface area contributed by atoms with Crippen molar-refractivity contribution in [2.24, 2.45) is 5.41 Å². The largest absolute Gasteiger partial charge is 0.391 e. The number of aliphatic hydroxyl groups excluding tert-OH is 1. The molecule has 0 aromatic heterocycles. The number of carbonyl (C=O) groups is 1. The summed E-state index contributed by atoms with van der Waals surface area (Å²) in [6.45, 7) is 5.55. The maximum Gasteiger partial charge on any atom is 0.140 e. The Balaban J connectivity index is 2.52. The van der Waals surface area contributed by atoms with Crippen LogP contribution in [-0.4, -0.2) is 22.4 Å². The highest BCUT2D eigenvalue weighted by Gasteiger charge is 2.27. The molecule has 1 aromatic rings. The lowest BCUT2D eigenvalue weighted by atomic mass is 9.86. The van der Waals surface area contributed by atoms with Crippen molar-refractivity contribution in [3.05, 3.63) is 35.9 Å². The SMILES string of the molecule is CC(C)(C)C(=O)C[C@H](O)[C@H](Cl)Cc1ccccc1. The fourth-order valence-electron chi connectivity index (χ4n) is 1.60. The maximum atomic E-state index is 11.8. The first-order valence-electron chi connectivity index (χ1n) is 6.20. The molecule has 0 bridgehead atoms. The number of carbonyl (C=O) groups excluding carboxylic acids is 1. The minimum Gasteiger partial charge on any atom is -0.391 e. The highest BCUT2D eigenvalue weighted by atomic mass is 35.5. The second-order valence-corrected chi connectivity index (χ2v) is 6.21. The molecule has 100 valence electrons. The monoisotopic (exact) mass is 268 g/mol. The van der Waals surface area contributed by atoms with Crippen molar-refractivity contribution in [3.8, 4) is 0 Å². The number of ketones is 1. The third-order valence-corrected chi connectivity index (χ3v) is 3.37. The zero-order valence-electron chi connectivity index (χ0n) is 11.2. The Morgan fingerprint density at radius 2 is 1.83 bits per heavy atom. The Morgan fingerprint density at radius 3 is 2.33 bits per heavy atom. The Bertz CT molecular complexity index is 381. The number of halogens is 1. The lowest BCUT2D eigenvalue weighted by molar-refractivity contribution is -0.128. The summed E-state index contributed by atoms with van der Waals surface area (Å²) in [5.41, 5.74) is 0.643. The van der Waals surface area contributed by atoms with Gasteiger partial charge in [0.25, 0.3) is 0 Å². The van der Waals surface area contributed by atoms with Gasteiger partial charge in [0, 0.05) is 11.8 Å². The number of Topliss-reactive ketones (excluding diaryl/α,β-unsaturated/α-hetero) is 1. The molecule has 0 saturated carbocycles. The molecule has 1 N–H and O–H groups in total. The van der Waals surface area contributed by atoms with Gasteiger partial charge in [-0.25, -0.2) is 0 Å². The predicted molar refractivity (Wildman–Crippen MR) is 74.9 cm³/mol. The van der Waals surface area contributed by atoms with Gasteiger partial charge < -0.3 is 5.11 Å². The van der Waals surface area contributed by atoms with Crippen molar-refractivity contribution < 1.29 is 9.90 Å². The van der Waals surface area contributed by atoms with E-state index in [9.17, 15) is 9.90 Å². The van der Waals surface area contributed by atoms with Crippen molar-refractivity contribution in [1.82, 2.24) is 0 Å². The fourth-order valence-corrected chi connectivity index (χ4v) is 1.87. The highest BCUT2D eigenvalue weighted by Crippen LogP contribution is 2.21. The third-order valence-electron chi connectivity index (χ3n) is 2.92. The molecule has 1 aromatic carbocycles. The lowest BCUT2D eigenvalue weighted by Gasteiger charge is -2.21. The van der Waals surface area contributed by atoms with E-state index in [1.807, 2.05) is 51.1 Å². The molecule has 0 amide bonds. The number of aliphatic hydroxyl groups is 1. The van der Waals surface area contributed by atoms with E-state index >= 15 is 0 Å². The molecule has 3 heteroatoms. The molecule has 0 heterocycles. The molecule has 0 aliphatic heterocycles. The molecule has 1 rings (SSSR count). The van der Waals surface area contributed by atoms with Crippen molar-refractivity contribution in [2.45, 2.75) is 45.1 Å². The summed E-state index contributed by atoms with van der Waals surface area (Å²) in [4.78, 5) is 11.8. The molecule has 0 saturated heterocycles. The first-order valence-corrected chi connectivity index (χ1v) is 6.63. The molecule has 18 heavy (non-hydrogen) atoms. The summed E-state index contributed by atoms with van der Waals surface area (Å²) in [6.07, 6.45) is -0.107. The molecular formula is C15H21ClO2. The van der Waals surface area contributed by atoms with Crippen molar-refractivity contribution in [3.63, 3.8) is 0 Å². The fraction of sp³-hybridized carbons (Fsp3) is 0.533. The zero-order valence-corrected chi connectivity index (χ0v) is 11.9.